The summed E-state index contributed by atoms with van der Waals surface area (Å²) in [7, 11) is 0. The number of phenolic OH excluding ortho intramolecular Hbond substituents is 1. The largest absolute Gasteiger partial charge is 0.508 e. The molecule has 0 aromatic heterocycles. The van der Waals surface area contributed by atoms with Crippen LogP contribution in [0.4, 0.5) is 0 Å². The molecule has 76 valence electrons. The maximum absolute atomic E-state index is 9.26. The van der Waals surface area contributed by atoms with Crippen molar-refractivity contribution in [2.75, 3.05) is 13.2 Å². The van der Waals surface area contributed by atoms with Crippen molar-refractivity contribution in [3.05, 3.63) is 23.8 Å². The SMILES string of the molecule is CCCNC1COc2cc(O)ccc21. The first-order valence-electron chi connectivity index (χ1n) is 5.00. The van der Waals surface area contributed by atoms with Crippen LogP contribution in [0.2, 0.25) is 0 Å². The molecule has 1 aliphatic rings. The molecule has 1 aromatic rings. The summed E-state index contributed by atoms with van der Waals surface area (Å²) in [6, 6.07) is 5.58. The Morgan fingerprint density at radius 1 is 1.57 bits per heavy atom. The van der Waals surface area contributed by atoms with Gasteiger partial charge in [0.15, 0.2) is 0 Å². The minimum Gasteiger partial charge on any atom is -0.508 e. The second-order valence-corrected chi connectivity index (χ2v) is 3.54. The zero-order chi connectivity index (χ0) is 9.97. The first-order chi connectivity index (χ1) is 6.81. The molecule has 0 bridgehead atoms. The third-order valence-electron chi connectivity index (χ3n) is 2.42. The predicted octanol–water partition coefficient (Wildman–Crippen LogP) is 1.83. The fraction of sp³-hybridized carbons (Fsp3) is 0.455. The number of nitrogens with one attached hydrogen (secondary N) is 1. The number of benzene rings is 1. The molecule has 14 heavy (non-hydrogen) atoms. The molecule has 0 aliphatic carbocycles. The van der Waals surface area contributed by atoms with E-state index in [-0.39, 0.29) is 11.8 Å². The van der Waals surface area contributed by atoms with E-state index in [2.05, 4.69) is 12.2 Å². The van der Waals surface area contributed by atoms with Crippen LogP contribution in [-0.2, 0) is 0 Å². The summed E-state index contributed by atoms with van der Waals surface area (Å²) in [4.78, 5) is 0. The highest BCUT2D eigenvalue weighted by atomic mass is 16.5. The van der Waals surface area contributed by atoms with Crippen LogP contribution in [0.15, 0.2) is 18.2 Å². The summed E-state index contributed by atoms with van der Waals surface area (Å²) < 4.78 is 5.47. The van der Waals surface area contributed by atoms with Crippen LogP contribution in [-0.4, -0.2) is 18.3 Å². The van der Waals surface area contributed by atoms with Crippen LogP contribution in [0.3, 0.4) is 0 Å². The van der Waals surface area contributed by atoms with Gasteiger partial charge in [-0.3, -0.25) is 0 Å². The Labute approximate surface area is 83.7 Å². The topological polar surface area (TPSA) is 41.5 Å². The number of hydrogen-bond acceptors (Lipinski definition) is 3. The number of aromatic hydroxyl groups is 1. The molecule has 0 spiro atoms. The van der Waals surface area contributed by atoms with E-state index in [1.54, 1.807) is 12.1 Å². The molecule has 1 aromatic carbocycles. The second kappa shape index (κ2) is 3.88. The molecule has 1 aliphatic heterocycles. The van der Waals surface area contributed by atoms with Crippen LogP contribution in [0.5, 0.6) is 11.5 Å². The van der Waals surface area contributed by atoms with E-state index in [1.807, 2.05) is 6.07 Å². The average molecular weight is 193 g/mol. The van der Waals surface area contributed by atoms with Crippen molar-refractivity contribution in [2.45, 2.75) is 19.4 Å². The molecule has 0 saturated heterocycles. The molecule has 2 N–H and O–H groups in total. The molecule has 1 heterocycles. The lowest BCUT2D eigenvalue weighted by atomic mass is 10.1. The van der Waals surface area contributed by atoms with Gasteiger partial charge < -0.3 is 15.2 Å². The third-order valence-corrected chi connectivity index (χ3v) is 2.42. The zero-order valence-corrected chi connectivity index (χ0v) is 8.29. The van der Waals surface area contributed by atoms with Crippen molar-refractivity contribution in [3.63, 3.8) is 0 Å². The molecule has 3 heteroatoms. The Kier molecular flexibility index (Phi) is 2.59. The molecule has 0 radical (unpaired) electrons. The summed E-state index contributed by atoms with van der Waals surface area (Å²) in [5.41, 5.74) is 1.15. The fourth-order valence-electron chi connectivity index (χ4n) is 1.69. The lowest BCUT2D eigenvalue weighted by Crippen LogP contribution is -2.22. The van der Waals surface area contributed by atoms with Gasteiger partial charge >= 0.3 is 0 Å². The molecular formula is C11H15NO2. The van der Waals surface area contributed by atoms with Crippen LogP contribution in [0, 0.1) is 0 Å². The maximum atomic E-state index is 9.26. The first kappa shape index (κ1) is 9.34. The zero-order valence-electron chi connectivity index (χ0n) is 8.29. The van der Waals surface area contributed by atoms with Crippen molar-refractivity contribution < 1.29 is 9.84 Å². The molecule has 0 amide bonds. The highest BCUT2D eigenvalue weighted by Gasteiger charge is 2.23. The highest BCUT2D eigenvalue weighted by Crippen LogP contribution is 2.34. The molecule has 3 nitrogen and oxygen atoms in total. The number of rotatable bonds is 3. The minimum absolute atomic E-state index is 0.264. The average Bonchev–Trinajstić information content (AvgIpc) is 2.57. The summed E-state index contributed by atoms with van der Waals surface area (Å²) in [5, 5.41) is 12.7. The number of ether oxygens (including phenoxy) is 1. The predicted molar refractivity (Wildman–Crippen MR) is 54.6 cm³/mol. The van der Waals surface area contributed by atoms with E-state index in [1.165, 1.54) is 0 Å². The second-order valence-electron chi connectivity index (χ2n) is 3.54. The van der Waals surface area contributed by atoms with E-state index in [4.69, 9.17) is 4.74 Å². The van der Waals surface area contributed by atoms with Gasteiger partial charge in [-0.05, 0) is 25.1 Å². The fourth-order valence-corrected chi connectivity index (χ4v) is 1.69. The lowest BCUT2D eigenvalue weighted by Gasteiger charge is -2.09. The van der Waals surface area contributed by atoms with E-state index in [0.717, 1.165) is 24.3 Å². The van der Waals surface area contributed by atoms with Crippen molar-refractivity contribution in [2.24, 2.45) is 0 Å². The van der Waals surface area contributed by atoms with Crippen LogP contribution < -0.4 is 10.1 Å². The number of hydrogen-bond donors (Lipinski definition) is 2. The standard InChI is InChI=1S/C11H15NO2/c1-2-5-12-10-7-14-11-6-8(13)3-4-9(10)11/h3-4,6,10,12-13H,2,5,7H2,1H3. The Balaban J connectivity index is 2.14. The van der Waals surface area contributed by atoms with Crippen LogP contribution in [0.25, 0.3) is 0 Å². The van der Waals surface area contributed by atoms with E-state index in [9.17, 15) is 5.11 Å². The van der Waals surface area contributed by atoms with E-state index in [0.29, 0.717) is 6.61 Å². The monoisotopic (exact) mass is 193 g/mol. The summed E-state index contributed by atoms with van der Waals surface area (Å²) in [6.07, 6.45) is 1.11. The quantitative estimate of drug-likeness (QED) is 0.769. The summed E-state index contributed by atoms with van der Waals surface area (Å²) in [5.74, 6) is 1.07. The van der Waals surface area contributed by atoms with Crippen molar-refractivity contribution in [1.29, 1.82) is 0 Å². The van der Waals surface area contributed by atoms with Crippen LogP contribution in [0.1, 0.15) is 24.9 Å². The van der Waals surface area contributed by atoms with Gasteiger partial charge in [-0.25, -0.2) is 0 Å². The van der Waals surface area contributed by atoms with Gasteiger partial charge in [0.05, 0.1) is 6.04 Å². The number of fused-ring (bicyclic) bond motifs is 1. The molecule has 1 unspecified atom stereocenters. The van der Waals surface area contributed by atoms with E-state index >= 15 is 0 Å². The Morgan fingerprint density at radius 2 is 2.43 bits per heavy atom. The van der Waals surface area contributed by atoms with Crippen LogP contribution >= 0.6 is 0 Å². The van der Waals surface area contributed by atoms with Gasteiger partial charge in [0, 0.05) is 11.6 Å². The minimum atomic E-state index is 0.264. The Bertz CT molecular complexity index is 325. The van der Waals surface area contributed by atoms with Crippen molar-refractivity contribution in [1.82, 2.24) is 5.32 Å². The van der Waals surface area contributed by atoms with Crippen molar-refractivity contribution >= 4 is 0 Å². The molecule has 1 atom stereocenters. The Hall–Kier alpha value is -1.22. The highest BCUT2D eigenvalue weighted by molar-refractivity contribution is 5.44. The van der Waals surface area contributed by atoms with Gasteiger partial charge in [-0.2, -0.15) is 0 Å². The molecular weight excluding hydrogens is 178 g/mol. The normalized spacial score (nSPS) is 19.1. The molecule has 0 saturated carbocycles. The molecule has 0 fully saturated rings. The van der Waals surface area contributed by atoms with Crippen molar-refractivity contribution in [3.8, 4) is 11.5 Å². The van der Waals surface area contributed by atoms with E-state index < -0.39 is 0 Å². The Morgan fingerprint density at radius 3 is 3.21 bits per heavy atom. The number of phenols is 1. The maximum Gasteiger partial charge on any atom is 0.127 e. The molecule has 2 rings (SSSR count). The van der Waals surface area contributed by atoms with Gasteiger partial charge in [-0.15, -0.1) is 0 Å². The van der Waals surface area contributed by atoms with Gasteiger partial charge in [0.1, 0.15) is 18.1 Å². The summed E-state index contributed by atoms with van der Waals surface area (Å²) >= 11 is 0. The first-order valence-corrected chi connectivity index (χ1v) is 5.00. The van der Waals surface area contributed by atoms with Gasteiger partial charge in [-0.1, -0.05) is 6.92 Å². The van der Waals surface area contributed by atoms with Gasteiger partial charge in [0.25, 0.3) is 0 Å². The summed E-state index contributed by atoms with van der Waals surface area (Å²) in [6.45, 7) is 3.80. The smallest absolute Gasteiger partial charge is 0.127 e. The lowest BCUT2D eigenvalue weighted by molar-refractivity contribution is 0.310. The third kappa shape index (κ3) is 1.68. The van der Waals surface area contributed by atoms with Gasteiger partial charge in [0.2, 0.25) is 0 Å².